The lowest BCUT2D eigenvalue weighted by molar-refractivity contribution is 0.450. The maximum atomic E-state index is 3.63. The Morgan fingerprint density at radius 2 is 2.00 bits per heavy atom. The predicted octanol–water partition coefficient (Wildman–Crippen LogP) is 1.91. The van der Waals surface area contributed by atoms with Crippen LogP contribution < -0.4 is 10.6 Å². The van der Waals surface area contributed by atoms with Crippen molar-refractivity contribution in [3.8, 4) is 0 Å². The van der Waals surface area contributed by atoms with Crippen LogP contribution in [0, 0.1) is 0 Å². The van der Waals surface area contributed by atoms with Crippen molar-refractivity contribution < 1.29 is 0 Å². The first kappa shape index (κ1) is 11.0. The molecule has 0 spiro atoms. The Hall–Kier alpha value is -0.0800. The van der Waals surface area contributed by atoms with E-state index >= 15 is 0 Å². The highest BCUT2D eigenvalue weighted by atomic mass is 15.0. The lowest BCUT2D eigenvalue weighted by Crippen LogP contribution is -2.40. The molecule has 0 amide bonds. The maximum Gasteiger partial charge on any atom is 0.0164 e. The standard InChI is InChI=1S/C11H24N2/c1-3-8-12-10(2)9-13-11-6-4-5-7-11/h10-13H,3-9H2,1-2H3. The monoisotopic (exact) mass is 184 g/mol. The van der Waals surface area contributed by atoms with Crippen molar-refractivity contribution in [2.24, 2.45) is 0 Å². The fraction of sp³-hybridized carbons (Fsp3) is 1.00. The van der Waals surface area contributed by atoms with E-state index in [2.05, 4.69) is 24.5 Å². The van der Waals surface area contributed by atoms with Gasteiger partial charge in [0.05, 0.1) is 0 Å². The summed E-state index contributed by atoms with van der Waals surface area (Å²) in [6, 6.07) is 1.44. The fourth-order valence-corrected chi connectivity index (χ4v) is 1.94. The average Bonchev–Trinajstić information content (AvgIpc) is 2.64. The molecule has 0 saturated heterocycles. The smallest absolute Gasteiger partial charge is 0.0164 e. The molecule has 0 heterocycles. The van der Waals surface area contributed by atoms with Crippen LogP contribution in [0.3, 0.4) is 0 Å². The van der Waals surface area contributed by atoms with E-state index in [0.717, 1.165) is 19.1 Å². The largest absolute Gasteiger partial charge is 0.313 e. The van der Waals surface area contributed by atoms with Crippen LogP contribution in [0.15, 0.2) is 0 Å². The topological polar surface area (TPSA) is 24.1 Å². The minimum atomic E-state index is 0.626. The molecule has 1 aliphatic rings. The first-order chi connectivity index (χ1) is 6.33. The van der Waals surface area contributed by atoms with E-state index in [1.165, 1.54) is 32.1 Å². The molecule has 0 aromatic carbocycles. The number of rotatable bonds is 6. The van der Waals surface area contributed by atoms with E-state index < -0.39 is 0 Å². The van der Waals surface area contributed by atoms with Gasteiger partial charge in [-0.05, 0) is 32.7 Å². The zero-order valence-electron chi connectivity index (χ0n) is 9.10. The van der Waals surface area contributed by atoms with Crippen LogP contribution in [0.5, 0.6) is 0 Å². The van der Waals surface area contributed by atoms with Gasteiger partial charge in [-0.1, -0.05) is 19.8 Å². The van der Waals surface area contributed by atoms with E-state index in [0.29, 0.717) is 6.04 Å². The molecule has 1 saturated carbocycles. The van der Waals surface area contributed by atoms with Gasteiger partial charge in [0.25, 0.3) is 0 Å². The van der Waals surface area contributed by atoms with Crippen molar-refractivity contribution in [3.63, 3.8) is 0 Å². The molecule has 0 radical (unpaired) electrons. The van der Waals surface area contributed by atoms with Crippen molar-refractivity contribution in [3.05, 3.63) is 0 Å². The Morgan fingerprint density at radius 3 is 2.62 bits per heavy atom. The van der Waals surface area contributed by atoms with Gasteiger partial charge >= 0.3 is 0 Å². The second-order valence-electron chi connectivity index (χ2n) is 4.24. The van der Waals surface area contributed by atoms with E-state index in [-0.39, 0.29) is 0 Å². The van der Waals surface area contributed by atoms with Gasteiger partial charge in [0, 0.05) is 18.6 Å². The summed E-state index contributed by atoms with van der Waals surface area (Å²) in [6.45, 7) is 6.75. The summed E-state index contributed by atoms with van der Waals surface area (Å²) in [5.41, 5.74) is 0. The molecule has 1 atom stereocenters. The Bertz CT molecular complexity index is 119. The second-order valence-corrected chi connectivity index (χ2v) is 4.24. The van der Waals surface area contributed by atoms with Crippen LogP contribution in [0.4, 0.5) is 0 Å². The van der Waals surface area contributed by atoms with Gasteiger partial charge in [0.15, 0.2) is 0 Å². The van der Waals surface area contributed by atoms with Crippen molar-refractivity contribution in [1.29, 1.82) is 0 Å². The number of nitrogens with one attached hydrogen (secondary N) is 2. The summed E-state index contributed by atoms with van der Waals surface area (Å²) in [5.74, 6) is 0. The molecule has 1 unspecified atom stereocenters. The Balaban J connectivity index is 1.97. The molecule has 2 N–H and O–H groups in total. The quantitative estimate of drug-likeness (QED) is 0.659. The van der Waals surface area contributed by atoms with Gasteiger partial charge in [-0.25, -0.2) is 0 Å². The van der Waals surface area contributed by atoms with Crippen LogP contribution >= 0.6 is 0 Å². The van der Waals surface area contributed by atoms with Gasteiger partial charge < -0.3 is 10.6 Å². The summed E-state index contributed by atoms with van der Waals surface area (Å²) >= 11 is 0. The third-order valence-electron chi connectivity index (χ3n) is 2.81. The molecule has 13 heavy (non-hydrogen) atoms. The Kier molecular flexibility index (Phi) is 5.40. The predicted molar refractivity (Wildman–Crippen MR) is 58.0 cm³/mol. The van der Waals surface area contributed by atoms with Crippen molar-refractivity contribution in [2.45, 2.75) is 58.0 Å². The molecule has 0 aliphatic heterocycles. The van der Waals surface area contributed by atoms with Crippen molar-refractivity contribution in [2.75, 3.05) is 13.1 Å². The third kappa shape index (κ3) is 4.63. The molecular formula is C11H24N2. The second kappa shape index (κ2) is 6.39. The van der Waals surface area contributed by atoms with Gasteiger partial charge in [-0.3, -0.25) is 0 Å². The SMILES string of the molecule is CCCNC(C)CNC1CCCC1. The Labute approximate surface area is 82.5 Å². The highest BCUT2D eigenvalue weighted by Gasteiger charge is 2.14. The zero-order valence-corrected chi connectivity index (χ0v) is 9.10. The van der Waals surface area contributed by atoms with Gasteiger partial charge in [0.2, 0.25) is 0 Å². The zero-order chi connectivity index (χ0) is 9.52. The first-order valence-electron chi connectivity index (χ1n) is 5.79. The molecule has 2 heteroatoms. The number of hydrogen-bond donors (Lipinski definition) is 2. The highest BCUT2D eigenvalue weighted by Crippen LogP contribution is 2.17. The maximum absolute atomic E-state index is 3.63. The first-order valence-corrected chi connectivity index (χ1v) is 5.79. The van der Waals surface area contributed by atoms with Gasteiger partial charge in [-0.2, -0.15) is 0 Å². The van der Waals surface area contributed by atoms with Crippen LogP contribution in [0.2, 0.25) is 0 Å². The third-order valence-corrected chi connectivity index (χ3v) is 2.81. The van der Waals surface area contributed by atoms with Crippen molar-refractivity contribution >= 4 is 0 Å². The van der Waals surface area contributed by atoms with E-state index in [4.69, 9.17) is 0 Å². The highest BCUT2D eigenvalue weighted by molar-refractivity contribution is 4.75. The van der Waals surface area contributed by atoms with E-state index in [9.17, 15) is 0 Å². The summed E-state index contributed by atoms with van der Waals surface area (Å²) < 4.78 is 0. The molecule has 1 aliphatic carbocycles. The average molecular weight is 184 g/mol. The summed E-state index contributed by atoms with van der Waals surface area (Å²) in [6.07, 6.45) is 6.86. The molecular weight excluding hydrogens is 160 g/mol. The van der Waals surface area contributed by atoms with E-state index in [1.54, 1.807) is 0 Å². The summed E-state index contributed by atoms with van der Waals surface area (Å²) in [4.78, 5) is 0. The van der Waals surface area contributed by atoms with Crippen LogP contribution in [0.1, 0.15) is 46.0 Å². The van der Waals surface area contributed by atoms with Gasteiger partial charge in [-0.15, -0.1) is 0 Å². The summed E-state index contributed by atoms with van der Waals surface area (Å²) in [5, 5.41) is 7.12. The summed E-state index contributed by atoms with van der Waals surface area (Å²) in [7, 11) is 0. The minimum Gasteiger partial charge on any atom is -0.313 e. The normalized spacial score (nSPS) is 20.8. The molecule has 78 valence electrons. The van der Waals surface area contributed by atoms with Crippen LogP contribution in [-0.4, -0.2) is 25.2 Å². The molecule has 2 nitrogen and oxygen atoms in total. The fourth-order valence-electron chi connectivity index (χ4n) is 1.94. The molecule has 1 rings (SSSR count). The molecule has 1 fully saturated rings. The lowest BCUT2D eigenvalue weighted by atomic mass is 10.2. The Morgan fingerprint density at radius 1 is 1.31 bits per heavy atom. The van der Waals surface area contributed by atoms with Crippen molar-refractivity contribution in [1.82, 2.24) is 10.6 Å². The molecule has 0 aromatic heterocycles. The molecule has 0 aromatic rings. The van der Waals surface area contributed by atoms with E-state index in [1.807, 2.05) is 0 Å². The lowest BCUT2D eigenvalue weighted by Gasteiger charge is -2.17. The van der Waals surface area contributed by atoms with Crippen LogP contribution in [-0.2, 0) is 0 Å². The number of hydrogen-bond acceptors (Lipinski definition) is 2. The molecule has 0 bridgehead atoms. The van der Waals surface area contributed by atoms with Crippen LogP contribution in [0.25, 0.3) is 0 Å². The minimum absolute atomic E-state index is 0.626. The van der Waals surface area contributed by atoms with Gasteiger partial charge in [0.1, 0.15) is 0 Å².